The molecule has 0 radical (unpaired) electrons. The summed E-state index contributed by atoms with van der Waals surface area (Å²) in [6.07, 6.45) is 5.15. The Bertz CT molecular complexity index is 502. The van der Waals surface area contributed by atoms with E-state index in [0.717, 1.165) is 5.82 Å². The fourth-order valence-electron chi connectivity index (χ4n) is 1.47. The number of Topliss-reactive ketones (excluding diaryl/α,β-unsaturated/α-hetero) is 1. The lowest BCUT2D eigenvalue weighted by Gasteiger charge is -2.07. The molecule has 2 aromatic heterocycles. The van der Waals surface area contributed by atoms with E-state index in [-0.39, 0.29) is 5.78 Å². The SMILES string of the molecule is CC(=O)c1cccnc1-n1ccnc1C. The minimum absolute atomic E-state index is 0.00574. The Labute approximate surface area is 87.6 Å². The van der Waals surface area contributed by atoms with Gasteiger partial charge in [-0.1, -0.05) is 0 Å². The van der Waals surface area contributed by atoms with Crippen LogP contribution in [0.25, 0.3) is 5.82 Å². The molecule has 0 aromatic carbocycles. The summed E-state index contributed by atoms with van der Waals surface area (Å²) < 4.78 is 1.80. The minimum Gasteiger partial charge on any atom is -0.294 e. The smallest absolute Gasteiger partial charge is 0.163 e. The van der Waals surface area contributed by atoms with Crippen LogP contribution >= 0.6 is 0 Å². The largest absolute Gasteiger partial charge is 0.294 e. The van der Waals surface area contributed by atoms with E-state index in [9.17, 15) is 4.79 Å². The molecule has 4 heteroatoms. The standard InChI is InChI=1S/C11H11N3O/c1-8(15)10-4-3-5-13-11(10)14-7-6-12-9(14)2/h3-7H,1-2H3. The van der Waals surface area contributed by atoms with Gasteiger partial charge in [0.05, 0.1) is 5.56 Å². The number of nitrogens with zero attached hydrogens (tertiary/aromatic N) is 3. The fourth-order valence-corrected chi connectivity index (χ4v) is 1.47. The van der Waals surface area contributed by atoms with Crippen LogP contribution in [0.5, 0.6) is 0 Å². The van der Waals surface area contributed by atoms with Crippen molar-refractivity contribution in [3.8, 4) is 5.82 Å². The Balaban J connectivity index is 2.63. The molecule has 0 amide bonds. The second-order valence-corrected chi connectivity index (χ2v) is 3.28. The zero-order valence-electron chi connectivity index (χ0n) is 8.64. The summed E-state index contributed by atoms with van der Waals surface area (Å²) >= 11 is 0. The van der Waals surface area contributed by atoms with Gasteiger partial charge >= 0.3 is 0 Å². The minimum atomic E-state index is 0.00574. The highest BCUT2D eigenvalue weighted by molar-refractivity contribution is 5.96. The first-order valence-corrected chi connectivity index (χ1v) is 4.66. The number of aromatic nitrogens is 3. The third-order valence-electron chi connectivity index (χ3n) is 2.22. The Hall–Kier alpha value is -1.97. The molecule has 0 N–H and O–H groups in total. The van der Waals surface area contributed by atoms with Crippen molar-refractivity contribution in [2.75, 3.05) is 0 Å². The number of hydrogen-bond acceptors (Lipinski definition) is 3. The first-order valence-electron chi connectivity index (χ1n) is 4.66. The van der Waals surface area contributed by atoms with Crippen molar-refractivity contribution in [2.45, 2.75) is 13.8 Å². The second-order valence-electron chi connectivity index (χ2n) is 3.28. The van der Waals surface area contributed by atoms with Crippen LogP contribution in [0, 0.1) is 6.92 Å². The topological polar surface area (TPSA) is 47.8 Å². The molecule has 0 saturated carbocycles. The lowest BCUT2D eigenvalue weighted by atomic mass is 10.2. The van der Waals surface area contributed by atoms with Crippen molar-refractivity contribution in [3.05, 3.63) is 42.1 Å². The summed E-state index contributed by atoms with van der Waals surface area (Å²) in [6.45, 7) is 3.41. The van der Waals surface area contributed by atoms with Crippen molar-refractivity contribution in [1.29, 1.82) is 0 Å². The number of carbonyl (C=O) groups is 1. The highest BCUT2D eigenvalue weighted by Gasteiger charge is 2.10. The summed E-state index contributed by atoms with van der Waals surface area (Å²) in [4.78, 5) is 19.7. The molecular weight excluding hydrogens is 190 g/mol. The van der Waals surface area contributed by atoms with Gasteiger partial charge in [0, 0.05) is 18.6 Å². The molecular formula is C11H11N3O. The normalized spacial score (nSPS) is 10.3. The van der Waals surface area contributed by atoms with Crippen molar-refractivity contribution in [2.24, 2.45) is 0 Å². The molecule has 15 heavy (non-hydrogen) atoms. The van der Waals surface area contributed by atoms with Crippen LogP contribution in [0.1, 0.15) is 23.1 Å². The lowest BCUT2D eigenvalue weighted by molar-refractivity contribution is 0.101. The van der Waals surface area contributed by atoms with Crippen LogP contribution < -0.4 is 0 Å². The van der Waals surface area contributed by atoms with Gasteiger partial charge < -0.3 is 0 Å². The molecule has 0 atom stereocenters. The fraction of sp³-hybridized carbons (Fsp3) is 0.182. The molecule has 2 aromatic rings. The van der Waals surface area contributed by atoms with E-state index in [1.54, 1.807) is 35.3 Å². The van der Waals surface area contributed by atoms with Crippen LogP contribution in [-0.2, 0) is 0 Å². The van der Waals surface area contributed by atoms with Gasteiger partial charge in [0.15, 0.2) is 5.78 Å². The molecule has 76 valence electrons. The Morgan fingerprint density at radius 1 is 1.33 bits per heavy atom. The lowest BCUT2D eigenvalue weighted by Crippen LogP contribution is -2.06. The monoisotopic (exact) mass is 201 g/mol. The molecule has 2 heterocycles. The Morgan fingerprint density at radius 2 is 2.13 bits per heavy atom. The van der Waals surface area contributed by atoms with E-state index in [1.165, 1.54) is 6.92 Å². The van der Waals surface area contributed by atoms with Gasteiger partial charge in [0.25, 0.3) is 0 Å². The molecule has 0 aliphatic heterocycles. The highest BCUT2D eigenvalue weighted by Crippen LogP contribution is 2.13. The molecule has 4 nitrogen and oxygen atoms in total. The van der Waals surface area contributed by atoms with Crippen molar-refractivity contribution in [1.82, 2.24) is 14.5 Å². The third kappa shape index (κ3) is 1.66. The zero-order valence-corrected chi connectivity index (χ0v) is 8.64. The molecule has 0 saturated heterocycles. The van der Waals surface area contributed by atoms with Gasteiger partial charge in [-0.25, -0.2) is 9.97 Å². The van der Waals surface area contributed by atoms with Crippen LogP contribution in [0.4, 0.5) is 0 Å². The van der Waals surface area contributed by atoms with Crippen molar-refractivity contribution >= 4 is 5.78 Å². The maximum absolute atomic E-state index is 11.4. The average Bonchev–Trinajstić information content (AvgIpc) is 2.64. The van der Waals surface area contributed by atoms with Crippen LogP contribution in [-0.4, -0.2) is 20.3 Å². The summed E-state index contributed by atoms with van der Waals surface area (Å²) in [7, 11) is 0. The number of ketones is 1. The molecule has 0 fully saturated rings. The van der Waals surface area contributed by atoms with Crippen molar-refractivity contribution in [3.63, 3.8) is 0 Å². The number of pyridine rings is 1. The van der Waals surface area contributed by atoms with Gasteiger partial charge in [-0.05, 0) is 26.0 Å². The molecule has 0 unspecified atom stereocenters. The predicted molar refractivity (Wildman–Crippen MR) is 56.1 cm³/mol. The molecule has 0 spiro atoms. The summed E-state index contributed by atoms with van der Waals surface area (Å²) in [5.74, 6) is 1.46. The molecule has 0 bridgehead atoms. The van der Waals surface area contributed by atoms with E-state index >= 15 is 0 Å². The van der Waals surface area contributed by atoms with Gasteiger partial charge in [0.2, 0.25) is 0 Å². The zero-order chi connectivity index (χ0) is 10.8. The van der Waals surface area contributed by atoms with Crippen LogP contribution in [0.3, 0.4) is 0 Å². The number of rotatable bonds is 2. The van der Waals surface area contributed by atoms with E-state index in [4.69, 9.17) is 0 Å². The summed E-state index contributed by atoms with van der Waals surface area (Å²) in [6, 6.07) is 3.52. The average molecular weight is 201 g/mol. The second kappa shape index (κ2) is 3.65. The maximum Gasteiger partial charge on any atom is 0.163 e. The predicted octanol–water partition coefficient (Wildman–Crippen LogP) is 1.78. The first-order chi connectivity index (χ1) is 7.20. The van der Waals surface area contributed by atoms with Crippen molar-refractivity contribution < 1.29 is 4.79 Å². The van der Waals surface area contributed by atoms with Gasteiger partial charge in [-0.15, -0.1) is 0 Å². The van der Waals surface area contributed by atoms with Crippen LogP contribution in [0.15, 0.2) is 30.7 Å². The molecule has 2 rings (SSSR count). The maximum atomic E-state index is 11.4. The van der Waals surface area contributed by atoms with E-state index in [0.29, 0.717) is 11.4 Å². The number of aryl methyl sites for hydroxylation is 1. The van der Waals surface area contributed by atoms with Crippen LogP contribution in [0.2, 0.25) is 0 Å². The van der Waals surface area contributed by atoms with Gasteiger partial charge in [-0.3, -0.25) is 9.36 Å². The summed E-state index contributed by atoms with van der Waals surface area (Å²) in [5, 5.41) is 0. The number of imidazole rings is 1. The Morgan fingerprint density at radius 3 is 2.73 bits per heavy atom. The van der Waals surface area contributed by atoms with Gasteiger partial charge in [0.1, 0.15) is 11.6 Å². The summed E-state index contributed by atoms with van der Waals surface area (Å²) in [5.41, 5.74) is 0.610. The first kappa shape index (κ1) is 9.58. The van der Waals surface area contributed by atoms with E-state index in [1.807, 2.05) is 6.92 Å². The molecule has 0 aliphatic carbocycles. The Kier molecular flexibility index (Phi) is 2.33. The number of carbonyl (C=O) groups excluding carboxylic acids is 1. The van der Waals surface area contributed by atoms with E-state index in [2.05, 4.69) is 9.97 Å². The highest BCUT2D eigenvalue weighted by atomic mass is 16.1. The van der Waals surface area contributed by atoms with E-state index < -0.39 is 0 Å². The third-order valence-corrected chi connectivity index (χ3v) is 2.22. The molecule has 0 aliphatic rings. The number of hydrogen-bond donors (Lipinski definition) is 0. The van der Waals surface area contributed by atoms with Gasteiger partial charge in [-0.2, -0.15) is 0 Å². The quantitative estimate of drug-likeness (QED) is 0.696.